The number of carbonyl (C=O) groups is 1. The minimum Gasteiger partial charge on any atom is -0.468 e. The van der Waals surface area contributed by atoms with Gasteiger partial charge < -0.3 is 15.5 Å². The van der Waals surface area contributed by atoms with E-state index < -0.39 is 12.0 Å². The summed E-state index contributed by atoms with van der Waals surface area (Å²) in [5, 5.41) is 2.11. The number of ether oxygens (including phenoxy) is 1. The fraction of sp³-hybridized carbons (Fsp3) is 0.200. The van der Waals surface area contributed by atoms with Gasteiger partial charge in [-0.3, -0.25) is 9.78 Å². The standard InChI is InChI=1S/C15H15N3O2/c1-20-15(19)12(16)7-10-8-18-14-11(10)5-4-9-3-2-6-17-13(9)14/h2-6,8,12,18H,7,16H2,1H3. The third-order valence-corrected chi connectivity index (χ3v) is 3.46. The lowest BCUT2D eigenvalue weighted by atomic mass is 10.0. The van der Waals surface area contributed by atoms with Crippen molar-refractivity contribution in [3.8, 4) is 0 Å². The summed E-state index contributed by atoms with van der Waals surface area (Å²) in [5.41, 5.74) is 8.70. The molecule has 0 bridgehead atoms. The third kappa shape index (κ3) is 2.02. The zero-order valence-electron chi connectivity index (χ0n) is 11.1. The average molecular weight is 269 g/mol. The number of hydrogen-bond donors (Lipinski definition) is 2. The largest absolute Gasteiger partial charge is 0.468 e. The number of rotatable bonds is 3. The number of nitrogens with zero attached hydrogens (tertiary/aromatic N) is 1. The highest BCUT2D eigenvalue weighted by Crippen LogP contribution is 2.26. The number of hydrogen-bond acceptors (Lipinski definition) is 4. The molecule has 0 amide bonds. The summed E-state index contributed by atoms with van der Waals surface area (Å²) >= 11 is 0. The monoisotopic (exact) mass is 269 g/mol. The summed E-state index contributed by atoms with van der Waals surface area (Å²) < 4.78 is 4.66. The second-order valence-corrected chi connectivity index (χ2v) is 4.71. The van der Waals surface area contributed by atoms with E-state index in [-0.39, 0.29) is 0 Å². The SMILES string of the molecule is COC(=O)C(N)Cc1c[nH]c2c1ccc1cccnc12. The molecule has 3 N–H and O–H groups in total. The minimum absolute atomic E-state index is 0.404. The van der Waals surface area contributed by atoms with Crippen LogP contribution < -0.4 is 5.73 Å². The number of esters is 1. The van der Waals surface area contributed by atoms with Crippen LogP contribution in [-0.4, -0.2) is 29.1 Å². The van der Waals surface area contributed by atoms with Crippen LogP contribution in [0.2, 0.25) is 0 Å². The van der Waals surface area contributed by atoms with Crippen molar-refractivity contribution >= 4 is 27.8 Å². The molecule has 2 aromatic heterocycles. The van der Waals surface area contributed by atoms with Crippen LogP contribution in [0.1, 0.15) is 5.56 Å². The molecule has 0 radical (unpaired) electrons. The van der Waals surface area contributed by atoms with Crippen LogP contribution in [0.15, 0.2) is 36.7 Å². The number of aromatic amines is 1. The Bertz CT molecular complexity index is 779. The molecule has 0 fully saturated rings. The molecule has 1 atom stereocenters. The molecule has 20 heavy (non-hydrogen) atoms. The van der Waals surface area contributed by atoms with Crippen molar-refractivity contribution < 1.29 is 9.53 Å². The van der Waals surface area contributed by atoms with E-state index in [1.54, 1.807) is 6.20 Å². The van der Waals surface area contributed by atoms with Crippen molar-refractivity contribution in [1.82, 2.24) is 9.97 Å². The van der Waals surface area contributed by atoms with Crippen molar-refractivity contribution in [1.29, 1.82) is 0 Å². The molecular formula is C15H15N3O2. The second-order valence-electron chi connectivity index (χ2n) is 4.71. The van der Waals surface area contributed by atoms with Gasteiger partial charge in [-0.05, 0) is 11.6 Å². The van der Waals surface area contributed by atoms with Gasteiger partial charge >= 0.3 is 5.97 Å². The highest BCUT2D eigenvalue weighted by molar-refractivity contribution is 6.04. The van der Waals surface area contributed by atoms with Gasteiger partial charge in [-0.2, -0.15) is 0 Å². The zero-order chi connectivity index (χ0) is 14.1. The van der Waals surface area contributed by atoms with Gasteiger partial charge in [-0.1, -0.05) is 18.2 Å². The van der Waals surface area contributed by atoms with Gasteiger partial charge in [-0.15, -0.1) is 0 Å². The molecule has 0 aliphatic rings. The second kappa shape index (κ2) is 4.94. The normalized spacial score (nSPS) is 12.7. The molecule has 102 valence electrons. The molecule has 5 heteroatoms. The van der Waals surface area contributed by atoms with Crippen molar-refractivity contribution in [3.63, 3.8) is 0 Å². The van der Waals surface area contributed by atoms with Crippen LogP contribution in [0, 0.1) is 0 Å². The van der Waals surface area contributed by atoms with Gasteiger partial charge in [0.1, 0.15) is 6.04 Å². The molecule has 3 aromatic rings. The Morgan fingerprint density at radius 2 is 2.30 bits per heavy atom. The molecule has 0 saturated carbocycles. The Kier molecular flexibility index (Phi) is 3.12. The summed E-state index contributed by atoms with van der Waals surface area (Å²) in [6, 6.07) is 7.31. The number of pyridine rings is 1. The molecule has 1 aromatic carbocycles. The maximum atomic E-state index is 11.4. The first-order chi connectivity index (χ1) is 9.70. The number of aromatic nitrogens is 2. The first-order valence-electron chi connectivity index (χ1n) is 6.38. The van der Waals surface area contributed by atoms with Crippen LogP contribution in [-0.2, 0) is 16.0 Å². The van der Waals surface area contributed by atoms with Crippen LogP contribution >= 0.6 is 0 Å². The molecular weight excluding hydrogens is 254 g/mol. The number of carbonyl (C=O) groups excluding carboxylic acids is 1. The number of benzene rings is 1. The molecule has 3 rings (SSSR count). The Morgan fingerprint density at radius 1 is 1.45 bits per heavy atom. The smallest absolute Gasteiger partial charge is 0.322 e. The van der Waals surface area contributed by atoms with Gasteiger partial charge in [-0.25, -0.2) is 0 Å². The lowest BCUT2D eigenvalue weighted by Gasteiger charge is -2.08. The van der Waals surface area contributed by atoms with E-state index >= 15 is 0 Å². The lowest BCUT2D eigenvalue weighted by Crippen LogP contribution is -2.33. The highest BCUT2D eigenvalue weighted by Gasteiger charge is 2.17. The molecule has 1 unspecified atom stereocenters. The first kappa shape index (κ1) is 12.6. The van der Waals surface area contributed by atoms with Crippen LogP contribution in [0.5, 0.6) is 0 Å². The predicted octanol–water partition coefficient (Wildman–Crippen LogP) is 1.76. The van der Waals surface area contributed by atoms with Crippen molar-refractivity contribution in [2.24, 2.45) is 5.73 Å². The van der Waals surface area contributed by atoms with Gasteiger partial charge in [0.15, 0.2) is 0 Å². The summed E-state index contributed by atoms with van der Waals surface area (Å²) in [4.78, 5) is 19.0. The molecule has 0 aliphatic carbocycles. The van der Waals surface area contributed by atoms with Crippen molar-refractivity contribution in [2.45, 2.75) is 12.5 Å². The number of nitrogens with one attached hydrogen (secondary N) is 1. The molecule has 0 saturated heterocycles. The van der Waals surface area contributed by atoms with E-state index in [4.69, 9.17) is 5.73 Å². The molecule has 5 nitrogen and oxygen atoms in total. The van der Waals surface area contributed by atoms with E-state index in [0.29, 0.717) is 6.42 Å². The van der Waals surface area contributed by atoms with Crippen molar-refractivity contribution in [2.75, 3.05) is 7.11 Å². The Labute approximate surface area is 115 Å². The maximum absolute atomic E-state index is 11.4. The van der Waals surface area contributed by atoms with Gasteiger partial charge in [0.25, 0.3) is 0 Å². The minimum atomic E-state index is -0.654. The summed E-state index contributed by atoms with van der Waals surface area (Å²) in [7, 11) is 1.34. The van der Waals surface area contributed by atoms with Gasteiger partial charge in [0, 0.05) is 29.6 Å². The molecule has 0 spiro atoms. The zero-order valence-corrected chi connectivity index (χ0v) is 11.1. The Balaban J connectivity index is 2.06. The van der Waals surface area contributed by atoms with Crippen LogP contribution in [0.25, 0.3) is 21.8 Å². The van der Waals surface area contributed by atoms with E-state index in [1.807, 2.05) is 30.5 Å². The summed E-state index contributed by atoms with van der Waals surface area (Å²) in [6.45, 7) is 0. The quantitative estimate of drug-likeness (QED) is 0.710. The number of methoxy groups -OCH3 is 1. The number of fused-ring (bicyclic) bond motifs is 3. The lowest BCUT2D eigenvalue weighted by molar-refractivity contribution is -0.142. The number of H-pyrrole nitrogens is 1. The van der Waals surface area contributed by atoms with E-state index in [0.717, 1.165) is 27.4 Å². The highest BCUT2D eigenvalue weighted by atomic mass is 16.5. The Hall–Kier alpha value is -2.40. The summed E-state index contributed by atoms with van der Waals surface area (Å²) in [5.74, 6) is -0.404. The van der Waals surface area contributed by atoms with Crippen molar-refractivity contribution in [3.05, 3.63) is 42.2 Å². The van der Waals surface area contributed by atoms with Crippen LogP contribution in [0.3, 0.4) is 0 Å². The topological polar surface area (TPSA) is 81.0 Å². The first-order valence-corrected chi connectivity index (χ1v) is 6.38. The molecule has 2 heterocycles. The third-order valence-electron chi connectivity index (χ3n) is 3.46. The fourth-order valence-electron chi connectivity index (χ4n) is 2.44. The van der Waals surface area contributed by atoms with E-state index in [9.17, 15) is 4.79 Å². The van der Waals surface area contributed by atoms with Crippen LogP contribution in [0.4, 0.5) is 0 Å². The van der Waals surface area contributed by atoms with Gasteiger partial charge in [0.05, 0.1) is 18.1 Å². The summed E-state index contributed by atoms with van der Waals surface area (Å²) in [6.07, 6.45) is 4.08. The fourth-order valence-corrected chi connectivity index (χ4v) is 2.44. The number of nitrogens with two attached hydrogens (primary N) is 1. The molecule has 0 aliphatic heterocycles. The maximum Gasteiger partial charge on any atom is 0.322 e. The average Bonchev–Trinajstić information content (AvgIpc) is 2.89. The van der Waals surface area contributed by atoms with E-state index in [2.05, 4.69) is 14.7 Å². The van der Waals surface area contributed by atoms with Gasteiger partial charge in [0.2, 0.25) is 0 Å². The van der Waals surface area contributed by atoms with E-state index in [1.165, 1.54) is 7.11 Å². The predicted molar refractivity (Wildman–Crippen MR) is 77.3 cm³/mol. The Morgan fingerprint density at radius 3 is 3.10 bits per heavy atom.